The maximum Gasteiger partial charge on any atom is 0.422 e. The Labute approximate surface area is 153 Å². The Hall–Kier alpha value is -3.16. The van der Waals surface area contributed by atoms with Crippen LogP contribution in [-0.2, 0) is 6.54 Å². The van der Waals surface area contributed by atoms with Gasteiger partial charge in [-0.15, -0.1) is 0 Å². The van der Waals surface area contributed by atoms with Crippen molar-refractivity contribution in [1.29, 1.82) is 0 Å². The molecule has 0 aliphatic heterocycles. The zero-order valence-electron chi connectivity index (χ0n) is 14.4. The molecule has 0 saturated heterocycles. The second-order valence-electron chi connectivity index (χ2n) is 6.01. The third-order valence-electron chi connectivity index (χ3n) is 3.68. The van der Waals surface area contributed by atoms with Crippen molar-refractivity contribution < 1.29 is 17.9 Å². The molecular weight excluding hydrogens is 359 g/mol. The first-order valence-corrected chi connectivity index (χ1v) is 8.09. The summed E-state index contributed by atoms with van der Waals surface area (Å²) in [5.41, 5.74) is 2.75. The number of aromatic nitrogens is 3. The van der Waals surface area contributed by atoms with Crippen LogP contribution in [0.25, 0.3) is 11.3 Å². The predicted molar refractivity (Wildman–Crippen MR) is 93.6 cm³/mol. The van der Waals surface area contributed by atoms with Crippen LogP contribution in [-0.4, -0.2) is 27.5 Å². The predicted octanol–water partition coefficient (Wildman–Crippen LogP) is 3.60. The molecule has 0 aliphatic carbocycles. The first-order valence-electron chi connectivity index (χ1n) is 8.09. The fourth-order valence-electron chi connectivity index (χ4n) is 2.48. The molecule has 2 heterocycles. The number of aryl methyl sites for hydroxylation is 1. The van der Waals surface area contributed by atoms with Crippen LogP contribution in [0.4, 0.5) is 13.2 Å². The van der Waals surface area contributed by atoms with Gasteiger partial charge in [0.2, 0.25) is 0 Å². The molecular formula is C19H16F3N3O2. The molecule has 8 heteroatoms. The van der Waals surface area contributed by atoms with Crippen molar-refractivity contribution >= 4 is 0 Å². The molecule has 0 fully saturated rings. The van der Waals surface area contributed by atoms with Gasteiger partial charge >= 0.3 is 6.18 Å². The van der Waals surface area contributed by atoms with E-state index in [9.17, 15) is 18.0 Å². The molecule has 0 bridgehead atoms. The number of benzene rings is 1. The Balaban J connectivity index is 1.80. The molecule has 0 aliphatic rings. The fraction of sp³-hybridized carbons (Fsp3) is 0.211. The van der Waals surface area contributed by atoms with Gasteiger partial charge in [0.25, 0.3) is 5.56 Å². The fourth-order valence-corrected chi connectivity index (χ4v) is 2.48. The summed E-state index contributed by atoms with van der Waals surface area (Å²) in [5, 5.41) is 4.34. The summed E-state index contributed by atoms with van der Waals surface area (Å²) in [6, 6.07) is 10.9. The highest BCUT2D eigenvalue weighted by Crippen LogP contribution is 2.22. The van der Waals surface area contributed by atoms with E-state index >= 15 is 0 Å². The standard InChI is InChI=1S/C19H16F3N3O2/c1-13-8-14(10-23-9-13)11-25-18(26)7-6-17(24-25)15-2-4-16(5-3-15)27-12-19(20,21)22/h2-10H,11-12H2,1H3. The smallest absolute Gasteiger partial charge is 0.422 e. The van der Waals surface area contributed by atoms with Gasteiger partial charge in [-0.1, -0.05) is 6.07 Å². The number of alkyl halides is 3. The van der Waals surface area contributed by atoms with Gasteiger partial charge in [0.15, 0.2) is 6.61 Å². The molecule has 0 atom stereocenters. The maximum absolute atomic E-state index is 12.2. The summed E-state index contributed by atoms with van der Waals surface area (Å²) in [6.07, 6.45) is -1.00. The van der Waals surface area contributed by atoms with Gasteiger partial charge in [0, 0.05) is 24.0 Å². The molecule has 0 unspecified atom stereocenters. The molecule has 3 rings (SSSR count). The average Bonchev–Trinajstić information content (AvgIpc) is 2.62. The highest BCUT2D eigenvalue weighted by molar-refractivity contribution is 5.59. The van der Waals surface area contributed by atoms with Crippen LogP contribution in [0.3, 0.4) is 0 Å². The Morgan fingerprint density at radius 1 is 1.07 bits per heavy atom. The van der Waals surface area contributed by atoms with Gasteiger partial charge in [0.05, 0.1) is 12.2 Å². The lowest BCUT2D eigenvalue weighted by molar-refractivity contribution is -0.153. The van der Waals surface area contributed by atoms with Crippen LogP contribution in [0.5, 0.6) is 5.75 Å². The van der Waals surface area contributed by atoms with E-state index in [0.29, 0.717) is 11.3 Å². The third-order valence-corrected chi connectivity index (χ3v) is 3.68. The summed E-state index contributed by atoms with van der Waals surface area (Å²) in [6.45, 7) is 0.833. The number of hydrogen-bond acceptors (Lipinski definition) is 4. The maximum atomic E-state index is 12.2. The molecule has 1 aromatic carbocycles. The molecule has 140 valence electrons. The number of ether oxygens (including phenoxy) is 1. The van der Waals surface area contributed by atoms with Crippen LogP contribution >= 0.6 is 0 Å². The molecule has 0 saturated carbocycles. The SMILES string of the molecule is Cc1cncc(Cn2nc(-c3ccc(OCC(F)(F)F)cc3)ccc2=O)c1. The van der Waals surface area contributed by atoms with E-state index in [2.05, 4.69) is 14.8 Å². The van der Waals surface area contributed by atoms with E-state index in [-0.39, 0.29) is 17.9 Å². The van der Waals surface area contributed by atoms with Gasteiger partial charge in [-0.3, -0.25) is 9.78 Å². The third kappa shape index (κ3) is 5.16. The van der Waals surface area contributed by atoms with Crippen molar-refractivity contribution in [3.05, 3.63) is 76.3 Å². The second kappa shape index (κ2) is 7.61. The number of rotatable bonds is 5. The van der Waals surface area contributed by atoms with Crippen molar-refractivity contribution in [1.82, 2.24) is 14.8 Å². The molecule has 0 spiro atoms. The van der Waals surface area contributed by atoms with Gasteiger partial charge in [-0.2, -0.15) is 18.3 Å². The first kappa shape index (κ1) is 18.6. The largest absolute Gasteiger partial charge is 0.484 e. The summed E-state index contributed by atoms with van der Waals surface area (Å²) in [5.74, 6) is 0.107. The van der Waals surface area contributed by atoms with E-state index in [0.717, 1.165) is 11.1 Å². The number of hydrogen-bond donors (Lipinski definition) is 0. The topological polar surface area (TPSA) is 57.0 Å². The Kier molecular flexibility index (Phi) is 5.25. The molecule has 0 amide bonds. The minimum atomic E-state index is -4.39. The summed E-state index contributed by atoms with van der Waals surface area (Å²) >= 11 is 0. The summed E-state index contributed by atoms with van der Waals surface area (Å²) in [4.78, 5) is 16.2. The highest BCUT2D eigenvalue weighted by Gasteiger charge is 2.28. The zero-order chi connectivity index (χ0) is 19.4. The van der Waals surface area contributed by atoms with E-state index in [4.69, 9.17) is 0 Å². The normalized spacial score (nSPS) is 11.4. The van der Waals surface area contributed by atoms with Gasteiger partial charge in [-0.25, -0.2) is 4.68 Å². The number of halogens is 3. The zero-order valence-corrected chi connectivity index (χ0v) is 14.4. The summed E-state index contributed by atoms with van der Waals surface area (Å²) < 4.78 is 42.6. The highest BCUT2D eigenvalue weighted by atomic mass is 19.4. The van der Waals surface area contributed by atoms with Crippen LogP contribution in [0.2, 0.25) is 0 Å². The van der Waals surface area contributed by atoms with E-state index in [1.165, 1.54) is 22.9 Å². The lowest BCUT2D eigenvalue weighted by Gasteiger charge is -2.10. The molecule has 5 nitrogen and oxygen atoms in total. The molecule has 0 N–H and O–H groups in total. The molecule has 2 aromatic heterocycles. The molecule has 3 aromatic rings. The Morgan fingerprint density at radius 2 is 1.81 bits per heavy atom. The Morgan fingerprint density at radius 3 is 2.48 bits per heavy atom. The van der Waals surface area contributed by atoms with E-state index in [1.54, 1.807) is 30.6 Å². The van der Waals surface area contributed by atoms with Crippen molar-refractivity contribution in [3.63, 3.8) is 0 Å². The van der Waals surface area contributed by atoms with Crippen LogP contribution in [0, 0.1) is 6.92 Å². The minimum absolute atomic E-state index is 0.107. The van der Waals surface area contributed by atoms with E-state index < -0.39 is 12.8 Å². The monoisotopic (exact) mass is 375 g/mol. The molecule has 0 radical (unpaired) electrons. The lowest BCUT2D eigenvalue weighted by Crippen LogP contribution is -2.23. The molecule has 27 heavy (non-hydrogen) atoms. The van der Waals surface area contributed by atoms with Crippen LogP contribution in [0.15, 0.2) is 59.7 Å². The van der Waals surface area contributed by atoms with Gasteiger partial charge in [-0.05, 0) is 48.4 Å². The van der Waals surface area contributed by atoms with Crippen molar-refractivity contribution in [2.45, 2.75) is 19.6 Å². The van der Waals surface area contributed by atoms with Crippen LogP contribution < -0.4 is 10.3 Å². The van der Waals surface area contributed by atoms with Crippen molar-refractivity contribution in [3.8, 4) is 17.0 Å². The van der Waals surface area contributed by atoms with Gasteiger partial charge in [0.1, 0.15) is 5.75 Å². The summed E-state index contributed by atoms with van der Waals surface area (Å²) in [7, 11) is 0. The van der Waals surface area contributed by atoms with Crippen LogP contribution in [0.1, 0.15) is 11.1 Å². The van der Waals surface area contributed by atoms with E-state index in [1.807, 2.05) is 13.0 Å². The Bertz CT molecular complexity index is 982. The van der Waals surface area contributed by atoms with Crippen molar-refractivity contribution in [2.24, 2.45) is 0 Å². The second-order valence-corrected chi connectivity index (χ2v) is 6.01. The lowest BCUT2D eigenvalue weighted by atomic mass is 10.1. The first-order chi connectivity index (χ1) is 12.8. The average molecular weight is 375 g/mol. The minimum Gasteiger partial charge on any atom is -0.484 e. The number of pyridine rings is 1. The van der Waals surface area contributed by atoms with Crippen molar-refractivity contribution in [2.75, 3.05) is 6.61 Å². The number of nitrogens with zero attached hydrogens (tertiary/aromatic N) is 3. The quantitative estimate of drug-likeness (QED) is 0.684. The van der Waals surface area contributed by atoms with Gasteiger partial charge < -0.3 is 4.74 Å².